The van der Waals surface area contributed by atoms with Crippen LogP contribution < -0.4 is 5.32 Å². The number of aromatic nitrogens is 4. The van der Waals surface area contributed by atoms with Crippen molar-refractivity contribution in [3.63, 3.8) is 0 Å². The van der Waals surface area contributed by atoms with Gasteiger partial charge in [-0.25, -0.2) is 14.6 Å². The molecule has 0 saturated carbocycles. The first kappa shape index (κ1) is 20.9. The molecule has 1 aromatic carbocycles. The maximum absolute atomic E-state index is 12.9. The van der Waals surface area contributed by atoms with Crippen LogP contribution in [0.1, 0.15) is 46.4 Å². The SMILES string of the molecule is Cc1nc(-c2ccc(CCNC(=O)c3cnn(-c4ccccn4)c3C(C)C)cc2)cs1. The molecule has 0 saturated heterocycles. The lowest BCUT2D eigenvalue weighted by Crippen LogP contribution is -2.26. The summed E-state index contributed by atoms with van der Waals surface area (Å²) in [5.41, 5.74) is 4.74. The second-order valence-electron chi connectivity index (χ2n) is 7.65. The molecular weight excluding hydrogens is 406 g/mol. The molecule has 0 aliphatic carbocycles. The van der Waals surface area contributed by atoms with Crippen LogP contribution in [0.3, 0.4) is 0 Å². The van der Waals surface area contributed by atoms with Crippen LogP contribution in [0.5, 0.6) is 0 Å². The molecule has 3 aromatic heterocycles. The number of aryl methyl sites for hydroxylation is 1. The zero-order valence-corrected chi connectivity index (χ0v) is 18.7. The van der Waals surface area contributed by atoms with E-state index in [9.17, 15) is 4.79 Å². The van der Waals surface area contributed by atoms with Gasteiger partial charge in [-0.05, 0) is 37.0 Å². The van der Waals surface area contributed by atoms with Gasteiger partial charge in [0.2, 0.25) is 0 Å². The van der Waals surface area contributed by atoms with Crippen LogP contribution in [0.15, 0.2) is 60.2 Å². The summed E-state index contributed by atoms with van der Waals surface area (Å²) in [7, 11) is 0. The van der Waals surface area contributed by atoms with Crippen molar-refractivity contribution in [1.82, 2.24) is 25.1 Å². The zero-order valence-electron chi connectivity index (χ0n) is 17.9. The topological polar surface area (TPSA) is 72.7 Å². The molecule has 1 N–H and O–H groups in total. The largest absolute Gasteiger partial charge is 0.352 e. The number of carbonyl (C=O) groups is 1. The molecule has 3 heterocycles. The summed E-state index contributed by atoms with van der Waals surface area (Å²) in [6.45, 7) is 6.67. The number of hydrogen-bond acceptors (Lipinski definition) is 5. The van der Waals surface area contributed by atoms with Crippen LogP contribution in [0.2, 0.25) is 0 Å². The second-order valence-corrected chi connectivity index (χ2v) is 8.71. The standard InChI is InChI=1S/C24H25N5OS/c1-16(2)23-20(14-27-29(23)22-6-4-5-12-25-22)24(30)26-13-11-18-7-9-19(10-8-18)21-15-31-17(3)28-21/h4-10,12,14-16H,11,13H2,1-3H3,(H,26,30). The van der Waals surface area contributed by atoms with E-state index in [-0.39, 0.29) is 11.8 Å². The predicted octanol–water partition coefficient (Wildman–Crippen LogP) is 4.80. The van der Waals surface area contributed by atoms with Crippen molar-refractivity contribution in [3.05, 3.63) is 82.1 Å². The van der Waals surface area contributed by atoms with Gasteiger partial charge in [0.05, 0.1) is 28.2 Å². The Morgan fingerprint density at radius 1 is 1.16 bits per heavy atom. The van der Waals surface area contributed by atoms with Gasteiger partial charge in [-0.2, -0.15) is 5.10 Å². The van der Waals surface area contributed by atoms with Gasteiger partial charge in [0.1, 0.15) is 0 Å². The third-order valence-electron chi connectivity index (χ3n) is 5.03. The number of thiazole rings is 1. The molecule has 0 aliphatic heterocycles. The molecule has 0 spiro atoms. The molecule has 7 heteroatoms. The highest BCUT2D eigenvalue weighted by Crippen LogP contribution is 2.23. The molecule has 6 nitrogen and oxygen atoms in total. The summed E-state index contributed by atoms with van der Waals surface area (Å²) in [4.78, 5) is 21.7. The number of rotatable bonds is 7. The monoisotopic (exact) mass is 431 g/mol. The van der Waals surface area contributed by atoms with E-state index in [0.717, 1.165) is 28.4 Å². The fraction of sp³-hybridized carbons (Fsp3) is 0.250. The first-order chi connectivity index (χ1) is 15.0. The molecule has 0 atom stereocenters. The van der Waals surface area contributed by atoms with Gasteiger partial charge in [0.15, 0.2) is 5.82 Å². The number of nitrogens with zero attached hydrogens (tertiary/aromatic N) is 4. The summed E-state index contributed by atoms with van der Waals surface area (Å²) >= 11 is 1.65. The summed E-state index contributed by atoms with van der Waals surface area (Å²) in [5.74, 6) is 0.730. The molecule has 0 aliphatic rings. The van der Waals surface area contributed by atoms with Gasteiger partial charge in [0, 0.05) is 23.7 Å². The molecule has 0 radical (unpaired) electrons. The summed E-state index contributed by atoms with van der Waals surface area (Å²) in [5, 5.41) is 10.6. The van der Waals surface area contributed by atoms with Crippen LogP contribution >= 0.6 is 11.3 Å². The minimum atomic E-state index is -0.111. The normalized spacial score (nSPS) is 11.1. The molecule has 31 heavy (non-hydrogen) atoms. The number of benzene rings is 1. The first-order valence-corrected chi connectivity index (χ1v) is 11.2. The highest BCUT2D eigenvalue weighted by molar-refractivity contribution is 7.09. The van der Waals surface area contributed by atoms with Gasteiger partial charge >= 0.3 is 0 Å². The third-order valence-corrected chi connectivity index (χ3v) is 5.81. The van der Waals surface area contributed by atoms with Gasteiger partial charge in [-0.1, -0.05) is 44.2 Å². The minimum absolute atomic E-state index is 0.111. The van der Waals surface area contributed by atoms with Crippen molar-refractivity contribution in [2.24, 2.45) is 0 Å². The highest BCUT2D eigenvalue weighted by atomic mass is 32.1. The highest BCUT2D eigenvalue weighted by Gasteiger charge is 2.21. The molecular formula is C24H25N5OS. The van der Waals surface area contributed by atoms with E-state index in [2.05, 4.69) is 63.9 Å². The lowest BCUT2D eigenvalue weighted by molar-refractivity contribution is 0.0952. The van der Waals surface area contributed by atoms with Crippen LogP contribution in [0.4, 0.5) is 0 Å². The number of amides is 1. The average Bonchev–Trinajstić information content (AvgIpc) is 3.41. The Balaban J connectivity index is 1.41. The molecule has 4 aromatic rings. The van der Waals surface area contributed by atoms with Crippen LogP contribution in [0, 0.1) is 6.92 Å². The maximum atomic E-state index is 12.9. The molecule has 0 bridgehead atoms. The zero-order chi connectivity index (χ0) is 21.8. The number of carbonyl (C=O) groups excluding carboxylic acids is 1. The van der Waals surface area contributed by atoms with Crippen molar-refractivity contribution in [2.45, 2.75) is 33.1 Å². The molecule has 0 unspecified atom stereocenters. The van der Waals surface area contributed by atoms with Crippen molar-refractivity contribution < 1.29 is 4.79 Å². The Kier molecular flexibility index (Phi) is 6.23. The van der Waals surface area contributed by atoms with Crippen molar-refractivity contribution in [2.75, 3.05) is 6.54 Å². The van der Waals surface area contributed by atoms with E-state index in [0.29, 0.717) is 17.9 Å². The Morgan fingerprint density at radius 3 is 2.61 bits per heavy atom. The Morgan fingerprint density at radius 2 is 1.97 bits per heavy atom. The molecule has 0 fully saturated rings. The summed E-state index contributed by atoms with van der Waals surface area (Å²) < 4.78 is 1.75. The van der Waals surface area contributed by atoms with Crippen molar-refractivity contribution >= 4 is 17.2 Å². The Bertz CT molecular complexity index is 1160. The molecule has 4 rings (SSSR count). The van der Waals surface area contributed by atoms with E-state index in [1.165, 1.54) is 5.56 Å². The van der Waals surface area contributed by atoms with Crippen molar-refractivity contribution in [1.29, 1.82) is 0 Å². The summed E-state index contributed by atoms with van der Waals surface area (Å²) in [6.07, 6.45) is 4.11. The van der Waals surface area contributed by atoms with Crippen LogP contribution in [0.25, 0.3) is 17.1 Å². The first-order valence-electron chi connectivity index (χ1n) is 10.3. The van der Waals surface area contributed by atoms with E-state index in [4.69, 9.17) is 0 Å². The van der Waals surface area contributed by atoms with Crippen LogP contribution in [-0.4, -0.2) is 32.2 Å². The van der Waals surface area contributed by atoms with Gasteiger partial charge in [-0.3, -0.25) is 4.79 Å². The van der Waals surface area contributed by atoms with Crippen LogP contribution in [-0.2, 0) is 6.42 Å². The Hall–Kier alpha value is -3.32. The predicted molar refractivity (Wildman–Crippen MR) is 124 cm³/mol. The summed E-state index contributed by atoms with van der Waals surface area (Å²) in [6, 6.07) is 14.0. The molecule has 158 valence electrons. The van der Waals surface area contributed by atoms with Crippen molar-refractivity contribution in [3.8, 4) is 17.1 Å². The van der Waals surface area contributed by atoms with E-state index in [1.807, 2.05) is 25.1 Å². The van der Waals surface area contributed by atoms with E-state index < -0.39 is 0 Å². The molecule has 1 amide bonds. The average molecular weight is 432 g/mol. The third kappa shape index (κ3) is 4.72. The number of hydrogen-bond donors (Lipinski definition) is 1. The number of pyridine rings is 1. The van der Waals surface area contributed by atoms with E-state index >= 15 is 0 Å². The minimum Gasteiger partial charge on any atom is -0.352 e. The fourth-order valence-electron chi connectivity index (χ4n) is 3.50. The second kappa shape index (κ2) is 9.22. The Labute approximate surface area is 186 Å². The van der Waals surface area contributed by atoms with E-state index in [1.54, 1.807) is 28.4 Å². The lowest BCUT2D eigenvalue weighted by Gasteiger charge is -2.12. The lowest BCUT2D eigenvalue weighted by atomic mass is 10.0. The van der Waals surface area contributed by atoms with Gasteiger partial charge in [-0.15, -0.1) is 11.3 Å². The fourth-order valence-corrected chi connectivity index (χ4v) is 4.13. The maximum Gasteiger partial charge on any atom is 0.254 e. The quantitative estimate of drug-likeness (QED) is 0.456. The van der Waals surface area contributed by atoms with Gasteiger partial charge in [0.25, 0.3) is 5.91 Å². The smallest absolute Gasteiger partial charge is 0.254 e. The number of nitrogens with one attached hydrogen (secondary N) is 1. The van der Waals surface area contributed by atoms with Gasteiger partial charge < -0.3 is 5.32 Å².